The van der Waals surface area contributed by atoms with E-state index in [9.17, 15) is 15.0 Å². The number of amides is 1. The first kappa shape index (κ1) is 15.7. The summed E-state index contributed by atoms with van der Waals surface area (Å²) < 4.78 is 0. The van der Waals surface area contributed by atoms with Crippen LogP contribution in [0.3, 0.4) is 0 Å². The van der Waals surface area contributed by atoms with Gasteiger partial charge in [0.25, 0.3) is 5.91 Å². The highest BCUT2D eigenvalue weighted by atomic mass is 16.3. The smallest absolute Gasteiger partial charge is 0.251 e. The van der Waals surface area contributed by atoms with Crippen molar-refractivity contribution in [2.24, 2.45) is 0 Å². The minimum absolute atomic E-state index is 0.104. The third-order valence-electron chi connectivity index (χ3n) is 4.50. The van der Waals surface area contributed by atoms with Crippen LogP contribution in [-0.2, 0) is 0 Å². The van der Waals surface area contributed by atoms with Crippen LogP contribution in [0.5, 0.6) is 0 Å². The molecule has 0 aromatic heterocycles. The van der Waals surface area contributed by atoms with Gasteiger partial charge in [0, 0.05) is 11.5 Å². The van der Waals surface area contributed by atoms with Crippen LogP contribution in [0.2, 0.25) is 0 Å². The van der Waals surface area contributed by atoms with E-state index in [0.29, 0.717) is 12.0 Å². The summed E-state index contributed by atoms with van der Waals surface area (Å²) in [7, 11) is 0. The number of hydrogen-bond donors (Lipinski definition) is 3. The van der Waals surface area contributed by atoms with Crippen LogP contribution in [0.1, 0.15) is 33.8 Å². The minimum Gasteiger partial charge on any atom is -0.390 e. The molecule has 4 atom stereocenters. The van der Waals surface area contributed by atoms with Gasteiger partial charge in [-0.1, -0.05) is 48.0 Å². The average molecular weight is 311 g/mol. The summed E-state index contributed by atoms with van der Waals surface area (Å²) >= 11 is 0. The van der Waals surface area contributed by atoms with Crippen molar-refractivity contribution < 1.29 is 15.0 Å². The number of carbonyl (C=O) groups is 1. The highest BCUT2D eigenvalue weighted by molar-refractivity contribution is 5.94. The number of aliphatic hydroxyl groups excluding tert-OH is 2. The highest BCUT2D eigenvalue weighted by Crippen LogP contribution is 2.35. The molecular formula is C19H21NO3. The van der Waals surface area contributed by atoms with Crippen LogP contribution < -0.4 is 5.32 Å². The Balaban J connectivity index is 1.84. The predicted octanol–water partition coefficient (Wildman–Crippen LogP) is 2.00. The summed E-state index contributed by atoms with van der Waals surface area (Å²) in [5, 5.41) is 23.2. The Hall–Kier alpha value is -2.17. The van der Waals surface area contributed by atoms with Gasteiger partial charge in [-0.25, -0.2) is 0 Å². The Bertz CT molecular complexity index is 686. The fraction of sp³-hybridized carbons (Fsp3) is 0.316. The molecule has 4 heteroatoms. The number of aryl methyl sites for hydroxylation is 1. The molecule has 2 aromatic rings. The maximum absolute atomic E-state index is 12.4. The lowest BCUT2D eigenvalue weighted by molar-refractivity contribution is 0.0294. The van der Waals surface area contributed by atoms with Crippen LogP contribution in [0, 0.1) is 6.92 Å². The van der Waals surface area contributed by atoms with Crippen LogP contribution in [0.15, 0.2) is 54.6 Å². The molecule has 1 aliphatic rings. The molecule has 0 aliphatic heterocycles. The lowest BCUT2D eigenvalue weighted by Gasteiger charge is -2.24. The molecule has 0 heterocycles. The van der Waals surface area contributed by atoms with Gasteiger partial charge in [-0.15, -0.1) is 0 Å². The molecule has 4 nitrogen and oxygen atoms in total. The van der Waals surface area contributed by atoms with Crippen molar-refractivity contribution in [2.75, 3.05) is 0 Å². The molecule has 23 heavy (non-hydrogen) atoms. The van der Waals surface area contributed by atoms with Gasteiger partial charge in [-0.05, 0) is 31.0 Å². The monoisotopic (exact) mass is 311 g/mol. The van der Waals surface area contributed by atoms with Crippen molar-refractivity contribution in [3.05, 3.63) is 71.3 Å². The second-order valence-corrected chi connectivity index (χ2v) is 6.18. The van der Waals surface area contributed by atoms with Crippen LogP contribution in [0.25, 0.3) is 0 Å². The lowest BCUT2D eigenvalue weighted by Crippen LogP contribution is -2.45. The summed E-state index contributed by atoms with van der Waals surface area (Å²) in [6.45, 7) is 2.00. The molecule has 1 saturated carbocycles. The van der Waals surface area contributed by atoms with Gasteiger partial charge < -0.3 is 15.5 Å². The molecule has 3 rings (SSSR count). The summed E-state index contributed by atoms with van der Waals surface area (Å²) in [4.78, 5) is 12.4. The Morgan fingerprint density at radius 2 is 1.83 bits per heavy atom. The number of aliphatic hydroxyl groups is 2. The number of rotatable bonds is 3. The van der Waals surface area contributed by atoms with Gasteiger partial charge in [0.15, 0.2) is 0 Å². The topological polar surface area (TPSA) is 69.6 Å². The van der Waals surface area contributed by atoms with Gasteiger partial charge in [0.1, 0.15) is 6.10 Å². The number of hydrogen-bond acceptors (Lipinski definition) is 3. The molecule has 0 spiro atoms. The van der Waals surface area contributed by atoms with Gasteiger partial charge in [0.2, 0.25) is 0 Å². The van der Waals surface area contributed by atoms with E-state index in [1.807, 2.05) is 37.3 Å². The molecule has 0 unspecified atom stereocenters. The van der Waals surface area contributed by atoms with Crippen molar-refractivity contribution in [1.29, 1.82) is 0 Å². The molecule has 120 valence electrons. The Labute approximate surface area is 135 Å². The Kier molecular flexibility index (Phi) is 4.46. The SMILES string of the molecule is Cc1cccc([C@H]2C[C@@H](O)[C@@H](O)[C@@H]2NC(=O)c2ccccc2)c1. The maximum Gasteiger partial charge on any atom is 0.251 e. The van der Waals surface area contributed by atoms with Crippen molar-refractivity contribution in [1.82, 2.24) is 5.32 Å². The summed E-state index contributed by atoms with van der Waals surface area (Å²) in [5.74, 6) is -0.339. The van der Waals surface area contributed by atoms with Gasteiger partial charge in [-0.2, -0.15) is 0 Å². The third kappa shape index (κ3) is 3.28. The zero-order valence-electron chi connectivity index (χ0n) is 13.0. The number of benzene rings is 2. The predicted molar refractivity (Wildman–Crippen MR) is 88.2 cm³/mol. The summed E-state index contributed by atoms with van der Waals surface area (Å²) in [5.41, 5.74) is 2.69. The molecule has 0 radical (unpaired) electrons. The maximum atomic E-state index is 12.4. The number of carbonyl (C=O) groups excluding carboxylic acids is 1. The van der Waals surface area contributed by atoms with E-state index in [-0.39, 0.29) is 11.8 Å². The zero-order chi connectivity index (χ0) is 16.4. The molecule has 1 fully saturated rings. The van der Waals surface area contributed by atoms with Crippen molar-refractivity contribution in [3.8, 4) is 0 Å². The van der Waals surface area contributed by atoms with E-state index in [4.69, 9.17) is 0 Å². The number of nitrogens with one attached hydrogen (secondary N) is 1. The minimum atomic E-state index is -0.965. The average Bonchev–Trinajstić information content (AvgIpc) is 2.84. The van der Waals surface area contributed by atoms with E-state index >= 15 is 0 Å². The van der Waals surface area contributed by atoms with Crippen molar-refractivity contribution >= 4 is 5.91 Å². The molecule has 1 aliphatic carbocycles. The van der Waals surface area contributed by atoms with E-state index in [1.54, 1.807) is 24.3 Å². The molecule has 1 amide bonds. The second-order valence-electron chi connectivity index (χ2n) is 6.18. The Morgan fingerprint density at radius 3 is 2.52 bits per heavy atom. The van der Waals surface area contributed by atoms with Gasteiger partial charge in [0.05, 0.1) is 12.1 Å². The highest BCUT2D eigenvalue weighted by Gasteiger charge is 2.43. The molecule has 2 aromatic carbocycles. The molecule has 3 N–H and O–H groups in total. The van der Waals surface area contributed by atoms with Crippen molar-refractivity contribution in [2.45, 2.75) is 37.5 Å². The fourth-order valence-electron chi connectivity index (χ4n) is 3.28. The van der Waals surface area contributed by atoms with Crippen LogP contribution >= 0.6 is 0 Å². The van der Waals surface area contributed by atoms with E-state index in [2.05, 4.69) is 5.32 Å². The fourth-order valence-corrected chi connectivity index (χ4v) is 3.28. The van der Waals surface area contributed by atoms with E-state index in [0.717, 1.165) is 11.1 Å². The first-order valence-electron chi connectivity index (χ1n) is 7.85. The standard InChI is InChI=1S/C19H21NO3/c1-12-6-5-9-14(10-12)15-11-16(21)18(22)17(15)20-19(23)13-7-3-2-4-8-13/h2-10,15-18,21-22H,11H2,1H3,(H,20,23)/t15-,16-,17-,18-/m1/s1. The first-order valence-corrected chi connectivity index (χ1v) is 7.85. The summed E-state index contributed by atoms with van der Waals surface area (Å²) in [6, 6.07) is 16.4. The zero-order valence-corrected chi connectivity index (χ0v) is 13.0. The van der Waals surface area contributed by atoms with Gasteiger partial charge in [-0.3, -0.25) is 4.79 Å². The van der Waals surface area contributed by atoms with E-state index < -0.39 is 18.2 Å². The normalized spacial score (nSPS) is 26.9. The van der Waals surface area contributed by atoms with E-state index in [1.165, 1.54) is 0 Å². The molecule has 0 bridgehead atoms. The van der Waals surface area contributed by atoms with Crippen LogP contribution in [0.4, 0.5) is 0 Å². The quantitative estimate of drug-likeness (QED) is 0.812. The Morgan fingerprint density at radius 1 is 1.09 bits per heavy atom. The molecule has 0 saturated heterocycles. The van der Waals surface area contributed by atoms with Crippen LogP contribution in [-0.4, -0.2) is 34.4 Å². The lowest BCUT2D eigenvalue weighted by atomic mass is 9.92. The summed E-state index contributed by atoms with van der Waals surface area (Å²) in [6.07, 6.45) is -1.36. The van der Waals surface area contributed by atoms with Gasteiger partial charge >= 0.3 is 0 Å². The third-order valence-corrected chi connectivity index (χ3v) is 4.50. The van der Waals surface area contributed by atoms with Crippen molar-refractivity contribution in [3.63, 3.8) is 0 Å². The first-order chi connectivity index (χ1) is 11.1. The largest absolute Gasteiger partial charge is 0.390 e. The molecular weight excluding hydrogens is 290 g/mol. The second kappa shape index (κ2) is 6.52.